The Hall–Kier alpha value is -3.27. The molecule has 1 aromatic rings. The van der Waals surface area contributed by atoms with Crippen LogP contribution < -0.4 is 21.3 Å². The smallest absolute Gasteiger partial charge is 0.246 e. The molecule has 0 radical (unpaired) electrons. The van der Waals surface area contributed by atoms with Gasteiger partial charge in [-0.25, -0.2) is 0 Å². The van der Waals surface area contributed by atoms with Crippen molar-refractivity contribution < 1.29 is 24.0 Å². The number of benzene rings is 1. The first-order valence-electron chi connectivity index (χ1n) is 13.6. The lowest BCUT2D eigenvalue weighted by Crippen LogP contribution is -2.57. The third-order valence-corrected chi connectivity index (χ3v) is 8.29. The molecular weight excluding hydrogens is 486 g/mol. The summed E-state index contributed by atoms with van der Waals surface area (Å²) in [5.41, 5.74) is 0.469. The topological polar surface area (TPSA) is 137 Å². The Labute approximate surface area is 223 Å². The molecule has 4 amide bonds. The Morgan fingerprint density at radius 1 is 1.08 bits per heavy atom. The molecule has 10 heteroatoms. The van der Waals surface area contributed by atoms with Crippen LogP contribution >= 0.6 is 0 Å². The van der Waals surface area contributed by atoms with Crippen LogP contribution in [0.5, 0.6) is 0 Å². The van der Waals surface area contributed by atoms with E-state index in [1.165, 1.54) is 6.92 Å². The van der Waals surface area contributed by atoms with E-state index in [2.05, 4.69) is 21.3 Å². The maximum absolute atomic E-state index is 13.5. The number of fused-ring (bicyclic) bond motifs is 1. The molecule has 1 aliphatic carbocycles. The summed E-state index contributed by atoms with van der Waals surface area (Å²) in [6, 6.07) is 5.52. The van der Waals surface area contributed by atoms with Crippen LogP contribution in [0.25, 0.3) is 0 Å². The zero-order valence-corrected chi connectivity index (χ0v) is 22.5. The SMILES string of the molecule is CN[C@@H](C)C(=O)N[C@H]1CCCCC2CC[C@@H](C(=O)NCc3cccc(NC(=O)C4(C(C)=O)CC4)c3)N2C1=O. The number of nitrogens with one attached hydrogen (secondary N) is 4. The Kier molecular flexibility index (Phi) is 8.50. The molecule has 0 spiro atoms. The predicted molar refractivity (Wildman–Crippen MR) is 142 cm³/mol. The zero-order chi connectivity index (χ0) is 27.4. The fraction of sp³-hybridized carbons (Fsp3) is 0.607. The number of carbonyl (C=O) groups excluding carboxylic acids is 5. The molecule has 3 fully saturated rings. The van der Waals surface area contributed by atoms with Gasteiger partial charge in [0.25, 0.3) is 0 Å². The van der Waals surface area contributed by atoms with Gasteiger partial charge in [-0.2, -0.15) is 0 Å². The number of likely N-dealkylation sites (N-methyl/N-ethyl adjacent to an activating group) is 1. The molecule has 2 heterocycles. The highest BCUT2D eigenvalue weighted by atomic mass is 16.2. The Morgan fingerprint density at radius 2 is 1.82 bits per heavy atom. The van der Waals surface area contributed by atoms with Crippen molar-refractivity contribution in [1.82, 2.24) is 20.9 Å². The van der Waals surface area contributed by atoms with Gasteiger partial charge in [0.05, 0.1) is 6.04 Å². The Morgan fingerprint density at radius 3 is 2.50 bits per heavy atom. The zero-order valence-electron chi connectivity index (χ0n) is 22.5. The van der Waals surface area contributed by atoms with E-state index in [0.29, 0.717) is 31.4 Å². The van der Waals surface area contributed by atoms with Gasteiger partial charge < -0.3 is 26.2 Å². The van der Waals surface area contributed by atoms with Crippen LogP contribution in [-0.2, 0) is 30.5 Å². The van der Waals surface area contributed by atoms with Crippen molar-refractivity contribution in [2.45, 2.75) is 95.9 Å². The summed E-state index contributed by atoms with van der Waals surface area (Å²) < 4.78 is 0. The van der Waals surface area contributed by atoms with E-state index in [0.717, 1.165) is 31.2 Å². The normalized spacial score (nSPS) is 24.9. The first-order valence-corrected chi connectivity index (χ1v) is 13.6. The summed E-state index contributed by atoms with van der Waals surface area (Å²) in [4.78, 5) is 65.4. The average molecular weight is 526 g/mol. The van der Waals surface area contributed by atoms with Gasteiger partial charge in [0.1, 0.15) is 23.3 Å². The second-order valence-electron chi connectivity index (χ2n) is 10.9. The third kappa shape index (κ3) is 5.90. The molecule has 4 rings (SSSR count). The molecule has 1 saturated carbocycles. The van der Waals surface area contributed by atoms with E-state index < -0.39 is 23.5 Å². The summed E-state index contributed by atoms with van der Waals surface area (Å²) in [5, 5.41) is 11.6. The van der Waals surface area contributed by atoms with Crippen LogP contribution in [0, 0.1) is 5.41 Å². The van der Waals surface area contributed by atoms with Crippen molar-refractivity contribution in [3.8, 4) is 0 Å². The second-order valence-corrected chi connectivity index (χ2v) is 10.9. The van der Waals surface area contributed by atoms with E-state index in [-0.39, 0.29) is 42.0 Å². The number of amides is 4. The van der Waals surface area contributed by atoms with Gasteiger partial charge in [-0.1, -0.05) is 25.0 Å². The molecule has 38 heavy (non-hydrogen) atoms. The minimum Gasteiger partial charge on any atom is -0.350 e. The minimum absolute atomic E-state index is 0.00534. The molecule has 1 unspecified atom stereocenters. The fourth-order valence-corrected chi connectivity index (χ4v) is 5.53. The highest BCUT2D eigenvalue weighted by molar-refractivity contribution is 6.13. The molecule has 4 N–H and O–H groups in total. The lowest BCUT2D eigenvalue weighted by Gasteiger charge is -2.35. The van der Waals surface area contributed by atoms with Gasteiger partial charge >= 0.3 is 0 Å². The van der Waals surface area contributed by atoms with Gasteiger partial charge in [0, 0.05) is 18.3 Å². The second kappa shape index (κ2) is 11.6. The summed E-state index contributed by atoms with van der Waals surface area (Å²) >= 11 is 0. The molecule has 1 aromatic carbocycles. The monoisotopic (exact) mass is 525 g/mol. The molecule has 2 aliphatic heterocycles. The van der Waals surface area contributed by atoms with Crippen LogP contribution in [0.3, 0.4) is 0 Å². The van der Waals surface area contributed by atoms with Crippen molar-refractivity contribution >= 4 is 35.1 Å². The summed E-state index contributed by atoms with van der Waals surface area (Å²) in [5.74, 6) is -1.05. The number of rotatable bonds is 9. The molecule has 3 aliphatic rings. The number of carbonyl (C=O) groups is 5. The van der Waals surface area contributed by atoms with Gasteiger partial charge in [-0.3, -0.25) is 24.0 Å². The lowest BCUT2D eigenvalue weighted by atomic mass is 9.98. The van der Waals surface area contributed by atoms with E-state index in [4.69, 9.17) is 0 Å². The van der Waals surface area contributed by atoms with Crippen LogP contribution in [0.2, 0.25) is 0 Å². The van der Waals surface area contributed by atoms with Crippen molar-refractivity contribution in [3.05, 3.63) is 29.8 Å². The Balaban J connectivity index is 1.39. The van der Waals surface area contributed by atoms with Gasteiger partial charge in [-0.05, 0) is 77.1 Å². The molecule has 4 atom stereocenters. The number of hydrogen-bond acceptors (Lipinski definition) is 6. The number of anilines is 1. The van der Waals surface area contributed by atoms with Crippen molar-refractivity contribution in [2.75, 3.05) is 12.4 Å². The molecule has 0 aromatic heterocycles. The van der Waals surface area contributed by atoms with Gasteiger partial charge in [-0.15, -0.1) is 0 Å². The van der Waals surface area contributed by atoms with E-state index in [1.54, 1.807) is 37.1 Å². The number of Topliss-reactive ketones (excluding diaryl/α,β-unsaturated/α-hetero) is 1. The highest BCUT2D eigenvalue weighted by Gasteiger charge is 2.54. The fourth-order valence-electron chi connectivity index (χ4n) is 5.53. The van der Waals surface area contributed by atoms with E-state index >= 15 is 0 Å². The third-order valence-electron chi connectivity index (χ3n) is 8.29. The van der Waals surface area contributed by atoms with E-state index in [9.17, 15) is 24.0 Å². The Bertz CT molecular complexity index is 1100. The average Bonchev–Trinajstić information content (AvgIpc) is 3.62. The van der Waals surface area contributed by atoms with Crippen molar-refractivity contribution in [2.24, 2.45) is 5.41 Å². The van der Waals surface area contributed by atoms with Gasteiger partial charge in [0.15, 0.2) is 0 Å². The standard InChI is InChI=1S/C28H39N5O5/c1-17(29-3)24(35)32-22-10-5-4-9-21-11-12-23(33(21)26(22)37)25(36)30-16-19-7-6-8-20(15-19)31-27(38)28(13-14-28)18(2)34/h6-8,15,17,21-23,29H,4-5,9-14,16H2,1-3H3,(H,30,36)(H,31,38)(H,32,35)/t17-,21?,22-,23-/m0/s1. The maximum Gasteiger partial charge on any atom is 0.246 e. The molecule has 10 nitrogen and oxygen atoms in total. The summed E-state index contributed by atoms with van der Waals surface area (Å²) in [7, 11) is 1.69. The van der Waals surface area contributed by atoms with Crippen LogP contribution in [0.15, 0.2) is 24.3 Å². The van der Waals surface area contributed by atoms with Crippen LogP contribution in [-0.4, -0.2) is 65.5 Å². The first kappa shape index (κ1) is 27.8. The lowest BCUT2D eigenvalue weighted by molar-refractivity contribution is -0.144. The first-order chi connectivity index (χ1) is 18.2. The van der Waals surface area contributed by atoms with Crippen molar-refractivity contribution in [1.29, 1.82) is 0 Å². The van der Waals surface area contributed by atoms with E-state index in [1.807, 2.05) is 6.07 Å². The predicted octanol–water partition coefficient (Wildman–Crippen LogP) is 1.64. The van der Waals surface area contributed by atoms with Crippen molar-refractivity contribution in [3.63, 3.8) is 0 Å². The molecule has 2 saturated heterocycles. The maximum atomic E-state index is 13.5. The molecule has 206 valence electrons. The van der Waals surface area contributed by atoms with Gasteiger partial charge in [0.2, 0.25) is 23.6 Å². The molecular formula is C28H39N5O5. The quantitative estimate of drug-likeness (QED) is 0.362. The van der Waals surface area contributed by atoms with Crippen LogP contribution in [0.1, 0.15) is 70.8 Å². The summed E-state index contributed by atoms with van der Waals surface area (Å²) in [6.45, 7) is 3.43. The number of hydrogen-bond donors (Lipinski definition) is 4. The largest absolute Gasteiger partial charge is 0.350 e. The van der Waals surface area contributed by atoms with Crippen LogP contribution in [0.4, 0.5) is 5.69 Å². The molecule has 0 bridgehead atoms. The minimum atomic E-state index is -0.899. The number of nitrogens with zero attached hydrogens (tertiary/aromatic N) is 1. The summed E-state index contributed by atoms with van der Waals surface area (Å²) in [6.07, 6.45) is 5.69. The number of ketones is 1. The highest BCUT2D eigenvalue weighted by Crippen LogP contribution is 2.47.